The summed E-state index contributed by atoms with van der Waals surface area (Å²) in [7, 11) is 0. The molecule has 19 heavy (non-hydrogen) atoms. The van der Waals surface area contributed by atoms with E-state index < -0.39 is 0 Å². The van der Waals surface area contributed by atoms with Crippen LogP contribution in [0.3, 0.4) is 0 Å². The molecule has 0 amide bonds. The van der Waals surface area contributed by atoms with E-state index in [0.717, 1.165) is 31.7 Å². The van der Waals surface area contributed by atoms with Crippen LogP contribution >= 0.6 is 0 Å². The van der Waals surface area contributed by atoms with Gasteiger partial charge in [-0.2, -0.15) is 0 Å². The van der Waals surface area contributed by atoms with E-state index in [1.54, 1.807) is 0 Å². The maximum atomic E-state index is 5.87. The number of ether oxygens (including phenoxy) is 2. The minimum Gasteiger partial charge on any atom is -0.490 e. The molecule has 0 aliphatic carbocycles. The zero-order valence-electron chi connectivity index (χ0n) is 11.8. The lowest BCUT2D eigenvalue weighted by atomic mass is 9.96. The molecule has 0 spiro atoms. The van der Waals surface area contributed by atoms with E-state index in [9.17, 15) is 0 Å². The topological polar surface area (TPSA) is 30.5 Å². The summed E-state index contributed by atoms with van der Waals surface area (Å²) in [6, 6.07) is 6.92. The van der Waals surface area contributed by atoms with Crippen molar-refractivity contribution in [1.82, 2.24) is 5.32 Å². The molecule has 0 radical (unpaired) electrons. The van der Waals surface area contributed by atoms with E-state index in [1.165, 1.54) is 17.5 Å². The van der Waals surface area contributed by atoms with Crippen LogP contribution < -0.4 is 10.1 Å². The fourth-order valence-electron chi connectivity index (χ4n) is 3.18. The van der Waals surface area contributed by atoms with Crippen LogP contribution in [0.4, 0.5) is 0 Å². The van der Waals surface area contributed by atoms with Crippen molar-refractivity contribution in [3.05, 3.63) is 29.3 Å². The van der Waals surface area contributed by atoms with Gasteiger partial charge in [0.25, 0.3) is 0 Å². The Kier molecular flexibility index (Phi) is 3.76. The van der Waals surface area contributed by atoms with Crippen molar-refractivity contribution in [1.29, 1.82) is 0 Å². The number of rotatable bonds is 4. The summed E-state index contributed by atoms with van der Waals surface area (Å²) >= 11 is 0. The first-order valence-corrected chi connectivity index (χ1v) is 7.42. The summed E-state index contributed by atoms with van der Waals surface area (Å²) < 4.78 is 11.6. The Hall–Kier alpha value is -1.06. The molecule has 3 rings (SSSR count). The zero-order chi connectivity index (χ0) is 13.2. The van der Waals surface area contributed by atoms with Crippen LogP contribution in [0.1, 0.15) is 43.9 Å². The highest BCUT2D eigenvalue weighted by Crippen LogP contribution is 2.33. The maximum Gasteiger partial charge on any atom is 0.123 e. The van der Waals surface area contributed by atoms with Gasteiger partial charge in [-0.25, -0.2) is 0 Å². The van der Waals surface area contributed by atoms with Gasteiger partial charge >= 0.3 is 0 Å². The predicted molar refractivity (Wildman–Crippen MR) is 75.6 cm³/mol. The van der Waals surface area contributed by atoms with Crippen molar-refractivity contribution in [2.24, 2.45) is 0 Å². The lowest BCUT2D eigenvalue weighted by Gasteiger charge is -2.24. The molecule has 0 bridgehead atoms. The fourth-order valence-corrected chi connectivity index (χ4v) is 3.18. The first-order chi connectivity index (χ1) is 9.28. The highest BCUT2D eigenvalue weighted by molar-refractivity contribution is 5.41. The molecule has 1 fully saturated rings. The summed E-state index contributed by atoms with van der Waals surface area (Å²) in [6.45, 7) is 6.15. The Balaban J connectivity index is 1.84. The molecule has 3 unspecified atom stereocenters. The van der Waals surface area contributed by atoms with Gasteiger partial charge in [0.2, 0.25) is 0 Å². The predicted octanol–water partition coefficient (Wildman–Crippen LogP) is 2.84. The summed E-state index contributed by atoms with van der Waals surface area (Å²) in [5, 5.41) is 3.58. The SMILES string of the molecule is CCNC(c1ccc2c(c1)CC(C)O2)C1CCCO1. The van der Waals surface area contributed by atoms with E-state index in [-0.39, 0.29) is 0 Å². The molecule has 1 aromatic carbocycles. The molecule has 3 heteroatoms. The Morgan fingerprint density at radius 1 is 1.42 bits per heavy atom. The van der Waals surface area contributed by atoms with Crippen LogP contribution in [0.25, 0.3) is 0 Å². The third kappa shape index (κ3) is 2.63. The van der Waals surface area contributed by atoms with E-state index in [0.29, 0.717) is 18.2 Å². The van der Waals surface area contributed by atoms with Crippen LogP contribution in [0.2, 0.25) is 0 Å². The second-order valence-corrected chi connectivity index (χ2v) is 5.59. The molecule has 2 heterocycles. The number of likely N-dealkylation sites (N-methyl/N-ethyl adjacent to an activating group) is 1. The molecule has 1 saturated heterocycles. The van der Waals surface area contributed by atoms with Crippen molar-refractivity contribution in [3.8, 4) is 5.75 Å². The van der Waals surface area contributed by atoms with Crippen molar-refractivity contribution in [3.63, 3.8) is 0 Å². The van der Waals surface area contributed by atoms with Gasteiger partial charge in [0.1, 0.15) is 11.9 Å². The monoisotopic (exact) mass is 261 g/mol. The molecule has 1 N–H and O–H groups in total. The van der Waals surface area contributed by atoms with E-state index >= 15 is 0 Å². The quantitative estimate of drug-likeness (QED) is 0.904. The van der Waals surface area contributed by atoms with Gasteiger partial charge in [-0.1, -0.05) is 19.1 Å². The first kappa shape index (κ1) is 12.9. The second kappa shape index (κ2) is 5.51. The van der Waals surface area contributed by atoms with Crippen molar-refractivity contribution in [2.45, 2.75) is 51.4 Å². The first-order valence-electron chi connectivity index (χ1n) is 7.42. The number of benzene rings is 1. The largest absolute Gasteiger partial charge is 0.490 e. The molecule has 104 valence electrons. The average molecular weight is 261 g/mol. The smallest absolute Gasteiger partial charge is 0.123 e. The highest BCUT2D eigenvalue weighted by atomic mass is 16.5. The summed E-state index contributed by atoms with van der Waals surface area (Å²) in [6.07, 6.45) is 3.98. The summed E-state index contributed by atoms with van der Waals surface area (Å²) in [5.41, 5.74) is 2.68. The van der Waals surface area contributed by atoms with Gasteiger partial charge in [-0.3, -0.25) is 0 Å². The highest BCUT2D eigenvalue weighted by Gasteiger charge is 2.28. The maximum absolute atomic E-state index is 5.87. The van der Waals surface area contributed by atoms with Gasteiger partial charge in [-0.15, -0.1) is 0 Å². The molecule has 3 nitrogen and oxygen atoms in total. The van der Waals surface area contributed by atoms with Crippen LogP contribution in [0.15, 0.2) is 18.2 Å². The molecule has 0 aromatic heterocycles. The Bertz CT molecular complexity index is 440. The van der Waals surface area contributed by atoms with Crippen molar-refractivity contribution < 1.29 is 9.47 Å². The van der Waals surface area contributed by atoms with E-state index in [1.807, 2.05) is 0 Å². The molecule has 2 aliphatic rings. The van der Waals surface area contributed by atoms with E-state index in [4.69, 9.17) is 9.47 Å². The lowest BCUT2D eigenvalue weighted by Crippen LogP contribution is -2.31. The van der Waals surface area contributed by atoms with E-state index in [2.05, 4.69) is 37.4 Å². The third-order valence-electron chi connectivity index (χ3n) is 4.04. The van der Waals surface area contributed by atoms with Gasteiger partial charge in [-0.05, 0) is 43.5 Å². The summed E-state index contributed by atoms with van der Waals surface area (Å²) in [4.78, 5) is 0. The number of hydrogen-bond acceptors (Lipinski definition) is 3. The average Bonchev–Trinajstić information content (AvgIpc) is 3.02. The van der Waals surface area contributed by atoms with Crippen LogP contribution in [-0.4, -0.2) is 25.4 Å². The van der Waals surface area contributed by atoms with Crippen LogP contribution in [0, 0.1) is 0 Å². The molecular weight excluding hydrogens is 238 g/mol. The van der Waals surface area contributed by atoms with Gasteiger partial charge in [0, 0.05) is 13.0 Å². The van der Waals surface area contributed by atoms with Gasteiger partial charge in [0.05, 0.1) is 12.1 Å². The Morgan fingerprint density at radius 3 is 3.05 bits per heavy atom. The standard InChI is InChI=1S/C16H23NO2/c1-3-17-16(15-5-4-8-18-15)12-6-7-14-13(10-12)9-11(2)19-14/h6-7,10-11,15-17H,3-5,8-9H2,1-2H3. The lowest BCUT2D eigenvalue weighted by molar-refractivity contribution is 0.0788. The Morgan fingerprint density at radius 2 is 2.32 bits per heavy atom. The minimum atomic E-state index is 0.311. The van der Waals surface area contributed by atoms with Crippen LogP contribution in [0.5, 0.6) is 5.75 Å². The van der Waals surface area contributed by atoms with Crippen molar-refractivity contribution in [2.75, 3.05) is 13.2 Å². The number of hydrogen-bond donors (Lipinski definition) is 1. The summed E-state index contributed by atoms with van der Waals surface area (Å²) in [5.74, 6) is 1.05. The Labute approximate surface area is 115 Å². The van der Waals surface area contributed by atoms with Crippen LogP contribution in [-0.2, 0) is 11.2 Å². The molecule has 3 atom stereocenters. The molecule has 1 aromatic rings. The van der Waals surface area contributed by atoms with Crippen molar-refractivity contribution >= 4 is 0 Å². The van der Waals surface area contributed by atoms with Gasteiger partial charge in [0.15, 0.2) is 0 Å². The fraction of sp³-hybridized carbons (Fsp3) is 0.625. The number of fused-ring (bicyclic) bond motifs is 1. The molecule has 2 aliphatic heterocycles. The molecular formula is C16H23NO2. The normalized spacial score (nSPS) is 27.1. The molecule has 0 saturated carbocycles. The second-order valence-electron chi connectivity index (χ2n) is 5.59. The zero-order valence-corrected chi connectivity index (χ0v) is 11.8. The number of nitrogens with one attached hydrogen (secondary N) is 1. The third-order valence-corrected chi connectivity index (χ3v) is 4.04. The van der Waals surface area contributed by atoms with Gasteiger partial charge < -0.3 is 14.8 Å². The minimum absolute atomic E-state index is 0.311.